The third-order valence-corrected chi connectivity index (χ3v) is 2.48. The minimum atomic E-state index is -0.925. The van der Waals surface area contributed by atoms with Gasteiger partial charge in [0, 0.05) is 0 Å². The van der Waals surface area contributed by atoms with E-state index < -0.39 is 5.66 Å². The molecular formula is C10H9N5O. The van der Waals surface area contributed by atoms with Crippen LogP contribution in [0.1, 0.15) is 5.76 Å². The van der Waals surface area contributed by atoms with Gasteiger partial charge in [-0.25, -0.2) is 20.0 Å². The van der Waals surface area contributed by atoms with E-state index in [1.807, 2.05) is 12.1 Å². The molecular weight excluding hydrogens is 206 g/mol. The number of amidine groups is 1. The zero-order chi connectivity index (χ0) is 11.0. The molecule has 2 N–H and O–H groups in total. The van der Waals surface area contributed by atoms with Crippen LogP contribution in [-0.2, 0) is 6.42 Å². The molecule has 0 spiro atoms. The Hall–Kier alpha value is -2.08. The van der Waals surface area contributed by atoms with Crippen molar-refractivity contribution in [1.82, 2.24) is 0 Å². The van der Waals surface area contributed by atoms with E-state index in [-0.39, 0.29) is 0 Å². The molecule has 0 fully saturated rings. The monoisotopic (exact) mass is 215 g/mol. The van der Waals surface area contributed by atoms with Gasteiger partial charge in [-0.1, -0.05) is 0 Å². The molecule has 1 aromatic heterocycles. The highest BCUT2D eigenvalue weighted by Crippen LogP contribution is 2.20. The van der Waals surface area contributed by atoms with Crippen LogP contribution in [0.2, 0.25) is 0 Å². The summed E-state index contributed by atoms with van der Waals surface area (Å²) in [5.74, 6) is 1.29. The smallest absolute Gasteiger partial charge is 0.180 e. The highest BCUT2D eigenvalue weighted by Gasteiger charge is 2.38. The molecule has 6 nitrogen and oxygen atoms in total. The summed E-state index contributed by atoms with van der Waals surface area (Å²) in [5, 5.41) is 0. The molecule has 3 heterocycles. The van der Waals surface area contributed by atoms with Crippen LogP contribution in [0, 0.1) is 0 Å². The van der Waals surface area contributed by atoms with Crippen molar-refractivity contribution >= 4 is 24.2 Å². The van der Waals surface area contributed by atoms with Crippen LogP contribution < -0.4 is 5.73 Å². The van der Waals surface area contributed by atoms with Crippen LogP contribution in [0.15, 0.2) is 42.8 Å². The minimum Gasteiger partial charge on any atom is -0.469 e. The highest BCUT2D eigenvalue weighted by atomic mass is 16.3. The summed E-state index contributed by atoms with van der Waals surface area (Å²) in [6.07, 6.45) is 4.90. The fraction of sp³-hybridized carbons (Fsp3) is 0.200. The van der Waals surface area contributed by atoms with Gasteiger partial charge in [0.15, 0.2) is 11.5 Å². The van der Waals surface area contributed by atoms with Crippen molar-refractivity contribution in [1.29, 1.82) is 0 Å². The number of hydrogen-bond acceptors (Lipinski definition) is 6. The van der Waals surface area contributed by atoms with Gasteiger partial charge in [-0.3, -0.25) is 0 Å². The van der Waals surface area contributed by atoms with Gasteiger partial charge in [-0.05, 0) is 12.1 Å². The van der Waals surface area contributed by atoms with Gasteiger partial charge in [-0.15, -0.1) is 0 Å². The van der Waals surface area contributed by atoms with Crippen LogP contribution in [0.5, 0.6) is 0 Å². The number of rotatable bonds is 2. The lowest BCUT2D eigenvalue weighted by Gasteiger charge is -2.25. The second kappa shape index (κ2) is 3.21. The Kier molecular flexibility index (Phi) is 1.84. The second-order valence-electron chi connectivity index (χ2n) is 3.60. The molecule has 2 aliphatic rings. The first-order valence-electron chi connectivity index (χ1n) is 4.82. The van der Waals surface area contributed by atoms with Crippen LogP contribution in [0.3, 0.4) is 0 Å². The standard InChI is InChI=1S/C10H9N5O/c11-10(4-7-2-1-3-16-7)8-9(13-5-12-8)14-6-15-10/h1-3,5-6H,4,11H2. The maximum Gasteiger partial charge on any atom is 0.180 e. The number of aliphatic imine (C=N–C) groups is 4. The van der Waals surface area contributed by atoms with Gasteiger partial charge < -0.3 is 10.2 Å². The molecule has 0 bridgehead atoms. The Labute approximate surface area is 91.3 Å². The van der Waals surface area contributed by atoms with Crippen molar-refractivity contribution in [3.8, 4) is 0 Å². The minimum absolute atomic E-state index is 0.442. The number of hydrogen-bond donors (Lipinski definition) is 1. The van der Waals surface area contributed by atoms with E-state index in [0.29, 0.717) is 18.0 Å². The number of nitrogens with two attached hydrogens (primary N) is 1. The molecule has 0 radical (unpaired) electrons. The normalized spacial score (nSPS) is 26.6. The van der Waals surface area contributed by atoms with E-state index in [2.05, 4.69) is 20.0 Å². The van der Waals surface area contributed by atoms with Gasteiger partial charge in [0.25, 0.3) is 0 Å². The molecule has 80 valence electrons. The number of furan rings is 1. The van der Waals surface area contributed by atoms with Gasteiger partial charge in [-0.2, -0.15) is 0 Å². The maximum atomic E-state index is 6.19. The molecule has 6 heteroatoms. The van der Waals surface area contributed by atoms with E-state index in [0.717, 1.165) is 5.76 Å². The van der Waals surface area contributed by atoms with E-state index in [1.54, 1.807) is 6.26 Å². The summed E-state index contributed by atoms with van der Waals surface area (Å²) >= 11 is 0. The van der Waals surface area contributed by atoms with Crippen molar-refractivity contribution in [3.63, 3.8) is 0 Å². The first-order chi connectivity index (χ1) is 7.78. The number of nitrogens with zero attached hydrogens (tertiary/aromatic N) is 4. The topological polar surface area (TPSA) is 88.6 Å². The van der Waals surface area contributed by atoms with Crippen molar-refractivity contribution in [2.45, 2.75) is 12.1 Å². The van der Waals surface area contributed by atoms with Crippen LogP contribution in [-0.4, -0.2) is 29.9 Å². The zero-order valence-corrected chi connectivity index (χ0v) is 8.37. The summed E-state index contributed by atoms with van der Waals surface area (Å²) in [5.41, 5.74) is 5.85. The molecule has 0 aromatic carbocycles. The van der Waals surface area contributed by atoms with Gasteiger partial charge in [0.05, 0.1) is 12.7 Å². The van der Waals surface area contributed by atoms with Crippen molar-refractivity contribution in [2.24, 2.45) is 25.7 Å². The van der Waals surface area contributed by atoms with Gasteiger partial charge in [0.2, 0.25) is 0 Å². The van der Waals surface area contributed by atoms with Crippen LogP contribution in [0.25, 0.3) is 0 Å². The Morgan fingerprint density at radius 3 is 3.06 bits per heavy atom. The van der Waals surface area contributed by atoms with Crippen molar-refractivity contribution in [2.75, 3.05) is 0 Å². The molecule has 1 aromatic rings. The summed E-state index contributed by atoms with van der Waals surface area (Å²) in [6.45, 7) is 0. The van der Waals surface area contributed by atoms with Crippen LogP contribution in [0.4, 0.5) is 0 Å². The van der Waals surface area contributed by atoms with Crippen molar-refractivity contribution < 1.29 is 4.42 Å². The van der Waals surface area contributed by atoms with E-state index in [1.165, 1.54) is 12.7 Å². The Bertz CT molecular complexity index is 525. The van der Waals surface area contributed by atoms with Crippen LogP contribution >= 0.6 is 0 Å². The Morgan fingerprint density at radius 2 is 2.25 bits per heavy atom. The summed E-state index contributed by atoms with van der Waals surface area (Å²) < 4.78 is 5.26. The lowest BCUT2D eigenvalue weighted by Crippen LogP contribution is -2.52. The lowest BCUT2D eigenvalue weighted by atomic mass is 9.98. The quantitative estimate of drug-likeness (QED) is 0.773. The zero-order valence-electron chi connectivity index (χ0n) is 8.37. The lowest BCUT2D eigenvalue weighted by molar-refractivity contribution is 0.463. The van der Waals surface area contributed by atoms with E-state index in [4.69, 9.17) is 10.2 Å². The van der Waals surface area contributed by atoms with Gasteiger partial charge in [0.1, 0.15) is 24.1 Å². The molecule has 0 aliphatic carbocycles. The first kappa shape index (κ1) is 9.17. The van der Waals surface area contributed by atoms with E-state index >= 15 is 0 Å². The summed E-state index contributed by atoms with van der Waals surface area (Å²) in [7, 11) is 0. The third-order valence-electron chi connectivity index (χ3n) is 2.48. The Morgan fingerprint density at radius 1 is 1.31 bits per heavy atom. The molecule has 16 heavy (non-hydrogen) atoms. The third kappa shape index (κ3) is 1.31. The molecule has 0 amide bonds. The maximum absolute atomic E-state index is 6.19. The summed E-state index contributed by atoms with van der Waals surface area (Å²) in [4.78, 5) is 16.3. The molecule has 0 saturated heterocycles. The largest absolute Gasteiger partial charge is 0.469 e. The fourth-order valence-electron chi connectivity index (χ4n) is 1.72. The highest BCUT2D eigenvalue weighted by molar-refractivity contribution is 6.50. The Balaban J connectivity index is 1.94. The molecule has 1 atom stereocenters. The number of fused-ring (bicyclic) bond motifs is 1. The van der Waals surface area contributed by atoms with Gasteiger partial charge >= 0.3 is 0 Å². The second-order valence-corrected chi connectivity index (χ2v) is 3.60. The molecule has 0 saturated carbocycles. The molecule has 2 aliphatic heterocycles. The SMILES string of the molecule is NC1(Cc2ccco2)N=CN=C2N=CN=C21. The predicted octanol–water partition coefficient (Wildman–Crippen LogP) is 0.400. The predicted molar refractivity (Wildman–Crippen MR) is 61.2 cm³/mol. The average Bonchev–Trinajstić information content (AvgIpc) is 2.88. The average molecular weight is 215 g/mol. The molecule has 1 unspecified atom stereocenters. The first-order valence-corrected chi connectivity index (χ1v) is 4.82. The van der Waals surface area contributed by atoms with E-state index in [9.17, 15) is 0 Å². The van der Waals surface area contributed by atoms with Crippen molar-refractivity contribution in [3.05, 3.63) is 24.2 Å². The summed E-state index contributed by atoms with van der Waals surface area (Å²) in [6, 6.07) is 3.67. The fourth-order valence-corrected chi connectivity index (χ4v) is 1.72. The molecule has 3 rings (SSSR count).